The van der Waals surface area contributed by atoms with Gasteiger partial charge in [0, 0.05) is 36.4 Å². The summed E-state index contributed by atoms with van der Waals surface area (Å²) >= 11 is 0. The lowest BCUT2D eigenvalue weighted by molar-refractivity contribution is -0.384. The fourth-order valence-corrected chi connectivity index (χ4v) is 2.64. The molecular formula is C13H19N3O2. The minimum Gasteiger partial charge on any atom is -0.368 e. The first-order valence-electron chi connectivity index (χ1n) is 6.26. The van der Waals surface area contributed by atoms with Crippen LogP contribution in [0.2, 0.25) is 0 Å². The van der Waals surface area contributed by atoms with Gasteiger partial charge in [0.2, 0.25) is 0 Å². The molecule has 0 saturated carbocycles. The van der Waals surface area contributed by atoms with Crippen molar-refractivity contribution >= 4 is 11.4 Å². The molecule has 2 N–H and O–H groups in total. The molecule has 1 aromatic rings. The van der Waals surface area contributed by atoms with Crippen LogP contribution in [0.25, 0.3) is 0 Å². The minimum absolute atomic E-state index is 0.151. The monoisotopic (exact) mass is 249 g/mol. The number of hydrogen-bond donors (Lipinski definition) is 1. The molecule has 1 aromatic carbocycles. The van der Waals surface area contributed by atoms with Gasteiger partial charge in [-0.3, -0.25) is 10.1 Å². The molecule has 0 aromatic heterocycles. The zero-order chi connectivity index (χ0) is 13.3. The van der Waals surface area contributed by atoms with Crippen LogP contribution in [-0.2, 0) is 0 Å². The van der Waals surface area contributed by atoms with E-state index in [9.17, 15) is 10.1 Å². The molecule has 2 rings (SSSR count). The van der Waals surface area contributed by atoms with Crippen LogP contribution in [0, 0.1) is 17.0 Å². The number of nitro groups is 1. The number of aryl methyl sites for hydroxylation is 1. The number of benzene rings is 1. The Morgan fingerprint density at radius 3 is 2.78 bits per heavy atom. The van der Waals surface area contributed by atoms with E-state index in [-0.39, 0.29) is 16.7 Å². The zero-order valence-electron chi connectivity index (χ0n) is 10.8. The van der Waals surface area contributed by atoms with E-state index in [0.29, 0.717) is 6.04 Å². The van der Waals surface area contributed by atoms with Gasteiger partial charge < -0.3 is 10.6 Å². The SMILES string of the molecule is Cc1cc([N+](=O)[O-])ccc1N1CCC(N)CC1C. The van der Waals surface area contributed by atoms with Crippen molar-refractivity contribution in [2.24, 2.45) is 5.73 Å². The highest BCUT2D eigenvalue weighted by Crippen LogP contribution is 2.29. The summed E-state index contributed by atoms with van der Waals surface area (Å²) < 4.78 is 0. The summed E-state index contributed by atoms with van der Waals surface area (Å²) in [5.74, 6) is 0. The fourth-order valence-electron chi connectivity index (χ4n) is 2.64. The van der Waals surface area contributed by atoms with Gasteiger partial charge in [0.15, 0.2) is 0 Å². The maximum absolute atomic E-state index is 10.7. The third-order valence-electron chi connectivity index (χ3n) is 3.62. The number of anilines is 1. The molecule has 0 amide bonds. The van der Waals surface area contributed by atoms with Crippen molar-refractivity contribution in [1.82, 2.24) is 0 Å². The van der Waals surface area contributed by atoms with Gasteiger partial charge in [0.1, 0.15) is 0 Å². The Morgan fingerprint density at radius 1 is 1.50 bits per heavy atom. The number of nitrogens with zero attached hydrogens (tertiary/aromatic N) is 2. The third kappa shape index (κ3) is 2.46. The van der Waals surface area contributed by atoms with Crippen LogP contribution in [-0.4, -0.2) is 23.6 Å². The number of hydrogen-bond acceptors (Lipinski definition) is 4. The first kappa shape index (κ1) is 12.8. The second kappa shape index (κ2) is 4.94. The number of rotatable bonds is 2. The average molecular weight is 249 g/mol. The molecule has 2 unspecified atom stereocenters. The van der Waals surface area contributed by atoms with Gasteiger partial charge >= 0.3 is 0 Å². The summed E-state index contributed by atoms with van der Waals surface area (Å²) in [7, 11) is 0. The van der Waals surface area contributed by atoms with Crippen LogP contribution >= 0.6 is 0 Å². The lowest BCUT2D eigenvalue weighted by Crippen LogP contribution is -2.45. The summed E-state index contributed by atoms with van der Waals surface area (Å²) in [6, 6.07) is 5.71. The summed E-state index contributed by atoms with van der Waals surface area (Å²) in [5.41, 5.74) is 8.14. The van der Waals surface area contributed by atoms with Crippen molar-refractivity contribution in [3.63, 3.8) is 0 Å². The van der Waals surface area contributed by atoms with Gasteiger partial charge in [-0.05, 0) is 38.3 Å². The summed E-state index contributed by atoms with van der Waals surface area (Å²) in [6.45, 7) is 4.99. The Bertz CT molecular complexity index is 462. The topological polar surface area (TPSA) is 72.4 Å². The molecular weight excluding hydrogens is 230 g/mol. The Kier molecular flexibility index (Phi) is 3.52. The Balaban J connectivity index is 2.26. The molecule has 0 spiro atoms. The van der Waals surface area contributed by atoms with Crippen LogP contribution in [0.1, 0.15) is 25.3 Å². The largest absolute Gasteiger partial charge is 0.368 e. The van der Waals surface area contributed by atoms with Crippen molar-refractivity contribution in [1.29, 1.82) is 0 Å². The van der Waals surface area contributed by atoms with Crippen LogP contribution in [0.3, 0.4) is 0 Å². The van der Waals surface area contributed by atoms with Gasteiger partial charge in [-0.25, -0.2) is 0 Å². The van der Waals surface area contributed by atoms with Crippen LogP contribution in [0.4, 0.5) is 11.4 Å². The lowest BCUT2D eigenvalue weighted by atomic mass is 9.97. The van der Waals surface area contributed by atoms with Gasteiger partial charge in [0.05, 0.1) is 4.92 Å². The molecule has 5 nitrogen and oxygen atoms in total. The Hall–Kier alpha value is -1.62. The van der Waals surface area contributed by atoms with Crippen LogP contribution < -0.4 is 10.6 Å². The molecule has 18 heavy (non-hydrogen) atoms. The second-order valence-electron chi connectivity index (χ2n) is 5.05. The quantitative estimate of drug-likeness (QED) is 0.644. The number of non-ortho nitro benzene ring substituents is 1. The van der Waals surface area contributed by atoms with E-state index >= 15 is 0 Å². The van der Waals surface area contributed by atoms with Crippen molar-refractivity contribution in [3.8, 4) is 0 Å². The van der Waals surface area contributed by atoms with E-state index in [1.165, 1.54) is 0 Å². The third-order valence-corrected chi connectivity index (χ3v) is 3.62. The lowest BCUT2D eigenvalue weighted by Gasteiger charge is -2.38. The number of nitrogens with two attached hydrogens (primary N) is 1. The van der Waals surface area contributed by atoms with Crippen LogP contribution in [0.15, 0.2) is 18.2 Å². The molecule has 1 saturated heterocycles. The van der Waals surface area contributed by atoms with Gasteiger partial charge in [-0.1, -0.05) is 0 Å². The maximum Gasteiger partial charge on any atom is 0.269 e. The highest BCUT2D eigenvalue weighted by Gasteiger charge is 2.24. The fraction of sp³-hybridized carbons (Fsp3) is 0.538. The molecule has 1 aliphatic rings. The maximum atomic E-state index is 10.7. The first-order valence-corrected chi connectivity index (χ1v) is 6.26. The molecule has 0 aliphatic carbocycles. The molecule has 1 aliphatic heterocycles. The van der Waals surface area contributed by atoms with Gasteiger partial charge in [0.25, 0.3) is 5.69 Å². The second-order valence-corrected chi connectivity index (χ2v) is 5.05. The van der Waals surface area contributed by atoms with E-state index in [1.807, 2.05) is 13.0 Å². The van der Waals surface area contributed by atoms with E-state index in [4.69, 9.17) is 5.73 Å². The number of piperidine rings is 1. The van der Waals surface area contributed by atoms with Crippen molar-refractivity contribution in [2.45, 2.75) is 38.8 Å². The molecule has 0 bridgehead atoms. The Morgan fingerprint density at radius 2 is 2.22 bits per heavy atom. The molecule has 0 radical (unpaired) electrons. The molecule has 98 valence electrons. The highest BCUT2D eigenvalue weighted by molar-refractivity contribution is 5.58. The minimum atomic E-state index is -0.355. The standard InChI is InChI=1S/C13H19N3O2/c1-9-7-12(16(17)18)3-4-13(9)15-6-5-11(14)8-10(15)2/h3-4,7,10-11H,5-6,8,14H2,1-2H3. The van der Waals surface area contributed by atoms with E-state index in [0.717, 1.165) is 30.6 Å². The Labute approximate surface area is 107 Å². The highest BCUT2D eigenvalue weighted by atomic mass is 16.6. The summed E-state index contributed by atoms with van der Waals surface area (Å²) in [5, 5.41) is 10.7. The van der Waals surface area contributed by atoms with E-state index < -0.39 is 0 Å². The molecule has 1 heterocycles. The smallest absolute Gasteiger partial charge is 0.269 e. The first-order chi connectivity index (χ1) is 8.49. The van der Waals surface area contributed by atoms with Crippen LogP contribution in [0.5, 0.6) is 0 Å². The van der Waals surface area contributed by atoms with E-state index in [2.05, 4.69) is 11.8 Å². The summed E-state index contributed by atoms with van der Waals surface area (Å²) in [6.07, 6.45) is 1.94. The summed E-state index contributed by atoms with van der Waals surface area (Å²) in [4.78, 5) is 12.7. The molecule has 1 fully saturated rings. The zero-order valence-corrected chi connectivity index (χ0v) is 10.8. The van der Waals surface area contributed by atoms with Gasteiger partial charge in [-0.2, -0.15) is 0 Å². The average Bonchev–Trinajstić information content (AvgIpc) is 2.30. The molecule has 2 atom stereocenters. The van der Waals surface area contributed by atoms with Gasteiger partial charge in [-0.15, -0.1) is 0 Å². The van der Waals surface area contributed by atoms with Crippen molar-refractivity contribution < 1.29 is 4.92 Å². The normalized spacial score (nSPS) is 24.1. The number of nitro benzene ring substituents is 1. The van der Waals surface area contributed by atoms with Crippen molar-refractivity contribution in [3.05, 3.63) is 33.9 Å². The molecule has 5 heteroatoms. The van der Waals surface area contributed by atoms with Crippen molar-refractivity contribution in [2.75, 3.05) is 11.4 Å². The predicted molar refractivity (Wildman–Crippen MR) is 71.9 cm³/mol. The predicted octanol–water partition coefficient (Wildman–Crippen LogP) is 2.22. The van der Waals surface area contributed by atoms with E-state index in [1.54, 1.807) is 12.1 Å².